The van der Waals surface area contributed by atoms with Gasteiger partial charge in [0.25, 0.3) is 11.9 Å². The zero-order valence-corrected chi connectivity index (χ0v) is 30.7. The minimum Gasteiger partial charge on any atom is -0.571 e. The number of carbonyl (C=O) groups is 1. The van der Waals surface area contributed by atoms with Gasteiger partial charge in [0.05, 0.1) is 39.1 Å². The number of phenols is 5. The van der Waals surface area contributed by atoms with Crippen LogP contribution >= 0.6 is 0 Å². The highest BCUT2D eigenvalue weighted by molar-refractivity contribution is 5.87. The SMILES string of the molecule is COc1cc(C=CC(=O)OC2C(CO)OC(OCC3OC(OC4=Cc5c(O)cc(O)cc5[OH+]C4c4ccc(O)c(O)c4)C(O)C(O)C3O)C(O)C2O)cc(OC)c1O. The van der Waals surface area contributed by atoms with E-state index in [0.29, 0.717) is 5.56 Å². The maximum Gasteiger partial charge on any atom is 0.331 e. The van der Waals surface area contributed by atoms with Crippen molar-refractivity contribution in [1.82, 2.24) is 0 Å². The number of methoxy groups -OCH3 is 2. The Morgan fingerprint density at radius 1 is 0.776 bits per heavy atom. The Balaban J connectivity index is 1.13. The topological polar surface area (TPSA) is 317 Å². The Hall–Kier alpha value is -5.55. The van der Waals surface area contributed by atoms with E-state index in [1.165, 1.54) is 62.8 Å². The van der Waals surface area contributed by atoms with E-state index < -0.39 is 104 Å². The third kappa shape index (κ3) is 8.65. The molecule has 2 saturated heterocycles. The minimum absolute atomic E-state index is 0.0615. The Kier molecular flexibility index (Phi) is 12.7. The number of ether oxygens (including phenoxy) is 8. The van der Waals surface area contributed by atoms with Gasteiger partial charge in [0, 0.05) is 18.2 Å². The first-order valence-electron chi connectivity index (χ1n) is 17.6. The summed E-state index contributed by atoms with van der Waals surface area (Å²) in [6.07, 6.45) is -14.9. The summed E-state index contributed by atoms with van der Waals surface area (Å²) in [7, 11) is 2.64. The van der Waals surface area contributed by atoms with Gasteiger partial charge in [-0.2, -0.15) is 0 Å². The van der Waals surface area contributed by atoms with Crippen LogP contribution in [0.1, 0.15) is 22.8 Å². The molecule has 20 nitrogen and oxygen atoms in total. The van der Waals surface area contributed by atoms with Crippen molar-refractivity contribution in [3.05, 3.63) is 71.0 Å². The van der Waals surface area contributed by atoms with Gasteiger partial charge in [-0.3, -0.25) is 0 Å². The maximum absolute atomic E-state index is 12.7. The van der Waals surface area contributed by atoms with Gasteiger partial charge in [-0.25, -0.2) is 4.79 Å². The number of hydrogen-bond donors (Lipinski definition) is 11. The van der Waals surface area contributed by atoms with Crippen molar-refractivity contribution in [1.29, 1.82) is 0 Å². The molecular weight excluding hydrogens is 776 g/mol. The van der Waals surface area contributed by atoms with Crippen LogP contribution in [0.5, 0.6) is 46.0 Å². The Morgan fingerprint density at radius 2 is 1.45 bits per heavy atom. The van der Waals surface area contributed by atoms with Gasteiger partial charge in [0.2, 0.25) is 12.0 Å². The van der Waals surface area contributed by atoms with Gasteiger partial charge >= 0.3 is 5.97 Å². The van der Waals surface area contributed by atoms with Crippen LogP contribution in [-0.2, 0) is 28.5 Å². The van der Waals surface area contributed by atoms with Crippen LogP contribution in [0, 0.1) is 0 Å². The first-order valence-corrected chi connectivity index (χ1v) is 17.6. The number of aliphatic hydroxyl groups is 7. The molecule has 6 rings (SSSR count). The summed E-state index contributed by atoms with van der Waals surface area (Å²) < 4.78 is 43.0. The molecule has 0 radical (unpaired) electrons. The van der Waals surface area contributed by atoms with Crippen LogP contribution in [0.25, 0.3) is 12.2 Å². The van der Waals surface area contributed by atoms with E-state index >= 15 is 0 Å². The van der Waals surface area contributed by atoms with E-state index in [0.717, 1.165) is 12.1 Å². The highest BCUT2D eigenvalue weighted by Gasteiger charge is 2.50. The monoisotopic (exact) mass is 819 g/mol. The van der Waals surface area contributed by atoms with Gasteiger partial charge in [-0.05, 0) is 42.0 Å². The van der Waals surface area contributed by atoms with Gasteiger partial charge in [0.1, 0.15) is 59.8 Å². The number of aliphatic hydroxyl groups excluding tert-OH is 6. The molecule has 3 aliphatic rings. The van der Waals surface area contributed by atoms with Crippen LogP contribution in [-0.4, -0.2) is 156 Å². The molecule has 0 aromatic heterocycles. The molecule has 58 heavy (non-hydrogen) atoms. The maximum atomic E-state index is 12.7. The molecule has 11 unspecified atom stereocenters. The van der Waals surface area contributed by atoms with Crippen molar-refractivity contribution in [2.75, 3.05) is 27.4 Å². The first-order chi connectivity index (χ1) is 27.6. The normalized spacial score (nSPS) is 29.5. The Bertz CT molecular complexity index is 1990. The number of aromatic hydroxyl groups is 6. The standard InChI is InChI=1S/C38H42O20/c1-51-23-7-15(8-24(52-2)29(23)45)3-6-28(44)58-36-26(13-39)56-37(34(50)32(36)48)53-14-27-30(46)31(47)33(49)38(57-27)55-25-12-18-20(42)10-17(40)11-22(18)54-35(25)16-4-5-19(41)21(43)9-16/h3-12,26-27,30-43,45-50H,13-14H2,1-2H3/p+1. The molecular formula is C38H43O20+. The minimum atomic E-state index is -1.91. The second kappa shape index (κ2) is 17.5. The lowest BCUT2D eigenvalue weighted by Crippen LogP contribution is -2.62. The second-order valence-electron chi connectivity index (χ2n) is 13.4. The van der Waals surface area contributed by atoms with Crippen molar-refractivity contribution in [3.63, 3.8) is 0 Å². The van der Waals surface area contributed by atoms with Crippen molar-refractivity contribution in [2.24, 2.45) is 0 Å². The zero-order valence-electron chi connectivity index (χ0n) is 30.7. The fraction of sp³-hybridized carbons (Fsp3) is 0.395. The first kappa shape index (κ1) is 42.1. The summed E-state index contributed by atoms with van der Waals surface area (Å²) >= 11 is 0. The van der Waals surface area contributed by atoms with Crippen molar-refractivity contribution >= 4 is 18.1 Å². The molecule has 0 saturated carbocycles. The summed E-state index contributed by atoms with van der Waals surface area (Å²) in [4.78, 5) is 12.7. The molecule has 12 N–H and O–H groups in total. The fourth-order valence-corrected chi connectivity index (χ4v) is 6.49. The van der Waals surface area contributed by atoms with Gasteiger partial charge < -0.3 is 94.1 Å². The van der Waals surface area contributed by atoms with Crippen LogP contribution in [0.2, 0.25) is 0 Å². The molecule has 0 amide bonds. The fourth-order valence-electron chi connectivity index (χ4n) is 6.49. The third-order valence-electron chi connectivity index (χ3n) is 9.59. The number of rotatable bonds is 12. The summed E-state index contributed by atoms with van der Waals surface area (Å²) in [6, 6.07) is 8.89. The van der Waals surface area contributed by atoms with E-state index in [1.54, 1.807) is 0 Å². The largest absolute Gasteiger partial charge is 0.571 e. The average Bonchev–Trinajstić information content (AvgIpc) is 3.20. The highest BCUT2D eigenvalue weighted by Crippen LogP contribution is 2.46. The lowest BCUT2D eigenvalue weighted by Gasteiger charge is -2.43. The number of carbonyl (C=O) groups excluding carboxylic acids is 1. The lowest BCUT2D eigenvalue weighted by molar-refractivity contribution is -0.329. The summed E-state index contributed by atoms with van der Waals surface area (Å²) in [5, 5.41) is 115. The van der Waals surface area contributed by atoms with Crippen molar-refractivity contribution in [2.45, 2.75) is 67.5 Å². The average molecular weight is 820 g/mol. The van der Waals surface area contributed by atoms with Crippen LogP contribution in [0.4, 0.5) is 0 Å². The predicted octanol–water partition coefficient (Wildman–Crippen LogP) is -0.526. The Labute approximate surface area is 328 Å². The van der Waals surface area contributed by atoms with E-state index in [-0.39, 0.29) is 45.6 Å². The molecule has 314 valence electrons. The number of phenolic OH excluding ortho intramolecular Hbond substituents is 5. The van der Waals surface area contributed by atoms with E-state index in [2.05, 4.69) is 4.74 Å². The predicted molar refractivity (Wildman–Crippen MR) is 194 cm³/mol. The van der Waals surface area contributed by atoms with Gasteiger partial charge in [0.15, 0.2) is 41.2 Å². The lowest BCUT2D eigenvalue weighted by atomic mass is 9.98. The van der Waals surface area contributed by atoms with Gasteiger partial charge in [-0.1, -0.05) is 0 Å². The molecule has 3 aromatic rings. The van der Waals surface area contributed by atoms with Crippen molar-refractivity contribution in [3.8, 4) is 46.0 Å². The molecule has 11 atom stereocenters. The molecule has 3 aromatic carbocycles. The number of hydrogen-bond acceptors (Lipinski definition) is 19. The molecule has 3 heterocycles. The van der Waals surface area contributed by atoms with Crippen LogP contribution < -0.4 is 9.47 Å². The quantitative estimate of drug-likeness (QED) is 0.0474. The Morgan fingerprint density at radius 3 is 2.10 bits per heavy atom. The highest BCUT2D eigenvalue weighted by atomic mass is 16.7. The van der Waals surface area contributed by atoms with E-state index in [9.17, 15) is 61.0 Å². The van der Waals surface area contributed by atoms with E-state index in [4.69, 9.17) is 33.2 Å². The molecule has 0 aliphatic carbocycles. The smallest absolute Gasteiger partial charge is 0.331 e. The van der Waals surface area contributed by atoms with Crippen LogP contribution in [0.15, 0.2) is 54.3 Å². The van der Waals surface area contributed by atoms with Crippen LogP contribution in [0.3, 0.4) is 0 Å². The number of fused-ring (bicyclic) bond motifs is 1. The van der Waals surface area contributed by atoms with Gasteiger partial charge in [-0.15, -0.1) is 0 Å². The molecule has 3 aliphatic heterocycles. The summed E-state index contributed by atoms with van der Waals surface area (Å²) in [6.45, 7) is -1.49. The second-order valence-corrected chi connectivity index (χ2v) is 13.4. The van der Waals surface area contributed by atoms with Crippen molar-refractivity contribution < 1.29 is 98.9 Å². The molecule has 0 bridgehead atoms. The molecule has 0 spiro atoms. The molecule has 20 heteroatoms. The third-order valence-corrected chi connectivity index (χ3v) is 9.59. The number of esters is 1. The number of benzene rings is 3. The van der Waals surface area contributed by atoms with E-state index in [1.807, 2.05) is 0 Å². The zero-order chi connectivity index (χ0) is 42.0. The summed E-state index contributed by atoms with van der Waals surface area (Å²) in [5.74, 6) is -2.77. The summed E-state index contributed by atoms with van der Waals surface area (Å²) in [5.41, 5.74) is 0.707. The molecule has 2 fully saturated rings.